The molecule has 3 aromatic rings. The van der Waals surface area contributed by atoms with Crippen molar-refractivity contribution in [1.82, 2.24) is 10.3 Å². The Morgan fingerprint density at radius 2 is 1.82 bits per heavy atom. The summed E-state index contributed by atoms with van der Waals surface area (Å²) in [5, 5.41) is 4.18. The van der Waals surface area contributed by atoms with Gasteiger partial charge in [-0.3, -0.25) is 0 Å². The first-order valence-electron chi connectivity index (χ1n) is 7.21. The number of hydrogen-bond acceptors (Lipinski definition) is 3. The van der Waals surface area contributed by atoms with Crippen LogP contribution >= 0.6 is 11.6 Å². The molecule has 1 aromatic heterocycles. The molecule has 0 radical (unpaired) electrons. The number of hydrogen-bond donors (Lipinski definition) is 1. The average Bonchev–Trinajstić information content (AvgIpc) is 3.03. The molecule has 2 aromatic carbocycles. The molecule has 3 nitrogen and oxygen atoms in total. The fourth-order valence-corrected chi connectivity index (χ4v) is 2.59. The van der Waals surface area contributed by atoms with Crippen LogP contribution in [-0.4, -0.2) is 4.98 Å². The smallest absolute Gasteiger partial charge is 0.226 e. The van der Waals surface area contributed by atoms with Gasteiger partial charge in [0.25, 0.3) is 0 Å². The van der Waals surface area contributed by atoms with Crippen molar-refractivity contribution in [2.45, 2.75) is 19.5 Å². The maximum Gasteiger partial charge on any atom is 0.226 e. The van der Waals surface area contributed by atoms with Gasteiger partial charge in [-0.2, -0.15) is 0 Å². The van der Waals surface area contributed by atoms with Gasteiger partial charge in [0.1, 0.15) is 6.26 Å². The summed E-state index contributed by atoms with van der Waals surface area (Å²) >= 11 is 6.21. The maximum atomic E-state index is 6.21. The lowest BCUT2D eigenvalue weighted by Crippen LogP contribution is -2.18. The van der Waals surface area contributed by atoms with Gasteiger partial charge in [-0.05, 0) is 30.7 Å². The van der Waals surface area contributed by atoms with Gasteiger partial charge in [0.2, 0.25) is 5.89 Å². The van der Waals surface area contributed by atoms with Gasteiger partial charge in [-0.25, -0.2) is 4.98 Å². The van der Waals surface area contributed by atoms with Crippen LogP contribution in [0.2, 0.25) is 5.02 Å². The van der Waals surface area contributed by atoms with Crippen LogP contribution in [0, 0.1) is 0 Å². The molecule has 22 heavy (non-hydrogen) atoms. The lowest BCUT2D eigenvalue weighted by Gasteiger charge is -2.14. The first-order chi connectivity index (χ1) is 10.7. The van der Waals surface area contributed by atoms with Crippen LogP contribution in [0.1, 0.15) is 24.2 Å². The summed E-state index contributed by atoms with van der Waals surface area (Å²) in [7, 11) is 0. The van der Waals surface area contributed by atoms with E-state index in [2.05, 4.69) is 17.2 Å². The van der Waals surface area contributed by atoms with Gasteiger partial charge in [-0.1, -0.05) is 48.0 Å². The van der Waals surface area contributed by atoms with Gasteiger partial charge in [0.05, 0.1) is 5.69 Å². The Hall–Kier alpha value is -2.10. The fraction of sp³-hybridized carbons (Fsp3) is 0.167. The van der Waals surface area contributed by atoms with E-state index in [1.165, 1.54) is 0 Å². The third-order valence-corrected chi connectivity index (χ3v) is 3.88. The second kappa shape index (κ2) is 6.77. The maximum absolute atomic E-state index is 6.21. The van der Waals surface area contributed by atoms with Crippen LogP contribution in [0.5, 0.6) is 0 Å². The van der Waals surface area contributed by atoms with E-state index in [-0.39, 0.29) is 6.04 Å². The molecule has 1 N–H and O–H groups in total. The number of aromatic nitrogens is 1. The van der Waals surface area contributed by atoms with Crippen LogP contribution in [-0.2, 0) is 6.54 Å². The predicted molar refractivity (Wildman–Crippen MR) is 88.6 cm³/mol. The molecule has 112 valence electrons. The fourth-order valence-electron chi connectivity index (χ4n) is 2.30. The summed E-state index contributed by atoms with van der Waals surface area (Å²) in [4.78, 5) is 4.51. The molecule has 0 bridgehead atoms. The van der Waals surface area contributed by atoms with Crippen LogP contribution < -0.4 is 5.32 Å². The third-order valence-electron chi connectivity index (χ3n) is 3.53. The lowest BCUT2D eigenvalue weighted by molar-refractivity contribution is 0.554. The first-order valence-corrected chi connectivity index (χ1v) is 7.59. The zero-order chi connectivity index (χ0) is 15.4. The van der Waals surface area contributed by atoms with Crippen molar-refractivity contribution in [3.05, 3.63) is 77.1 Å². The molecule has 4 heteroatoms. The van der Waals surface area contributed by atoms with Gasteiger partial charge in [0.15, 0.2) is 0 Å². The summed E-state index contributed by atoms with van der Waals surface area (Å²) in [5.41, 5.74) is 2.93. The summed E-state index contributed by atoms with van der Waals surface area (Å²) in [6, 6.07) is 17.9. The molecule has 0 saturated heterocycles. The summed E-state index contributed by atoms with van der Waals surface area (Å²) < 4.78 is 5.54. The first kappa shape index (κ1) is 14.8. The minimum absolute atomic E-state index is 0.144. The topological polar surface area (TPSA) is 38.1 Å². The van der Waals surface area contributed by atoms with Crippen LogP contribution in [0.4, 0.5) is 0 Å². The molecule has 0 aliphatic rings. The zero-order valence-electron chi connectivity index (χ0n) is 12.3. The minimum atomic E-state index is 0.144. The minimum Gasteiger partial charge on any atom is -0.444 e. The summed E-state index contributed by atoms with van der Waals surface area (Å²) in [6.45, 7) is 2.71. The highest BCUT2D eigenvalue weighted by molar-refractivity contribution is 6.31. The lowest BCUT2D eigenvalue weighted by atomic mass is 10.1. The molecule has 0 aliphatic heterocycles. The SMILES string of the molecule is CC(NCc1coc(-c2ccccc2)n1)c1ccccc1Cl. The van der Waals surface area contributed by atoms with Crippen molar-refractivity contribution in [1.29, 1.82) is 0 Å². The number of nitrogens with zero attached hydrogens (tertiary/aromatic N) is 1. The average molecular weight is 313 g/mol. The molecule has 0 aliphatic carbocycles. The van der Waals surface area contributed by atoms with Crippen molar-refractivity contribution in [3.8, 4) is 11.5 Å². The number of nitrogens with one attached hydrogen (secondary N) is 1. The largest absolute Gasteiger partial charge is 0.444 e. The second-order valence-electron chi connectivity index (χ2n) is 5.13. The normalized spacial score (nSPS) is 12.3. The molecule has 1 unspecified atom stereocenters. The Balaban J connectivity index is 1.65. The quantitative estimate of drug-likeness (QED) is 0.732. The third kappa shape index (κ3) is 3.38. The molecule has 1 atom stereocenters. The van der Waals surface area contributed by atoms with Crippen LogP contribution in [0.3, 0.4) is 0 Å². The zero-order valence-corrected chi connectivity index (χ0v) is 13.0. The van der Waals surface area contributed by atoms with E-state index in [1.807, 2.05) is 54.6 Å². The van der Waals surface area contributed by atoms with E-state index in [0.29, 0.717) is 12.4 Å². The van der Waals surface area contributed by atoms with Gasteiger partial charge < -0.3 is 9.73 Å². The standard InChI is InChI=1S/C18H17ClN2O/c1-13(16-9-5-6-10-17(16)19)20-11-15-12-22-18(21-15)14-7-3-2-4-8-14/h2-10,12-13,20H,11H2,1H3. The van der Waals surface area contributed by atoms with Gasteiger partial charge in [-0.15, -0.1) is 0 Å². The molecular formula is C18H17ClN2O. The van der Waals surface area contributed by atoms with Crippen LogP contribution in [0.25, 0.3) is 11.5 Å². The Labute approximate surface area is 135 Å². The van der Waals surface area contributed by atoms with E-state index in [4.69, 9.17) is 16.0 Å². The molecule has 3 rings (SSSR count). The van der Waals surface area contributed by atoms with Crippen molar-refractivity contribution in [3.63, 3.8) is 0 Å². The van der Waals surface area contributed by atoms with Crippen LogP contribution in [0.15, 0.2) is 65.3 Å². The summed E-state index contributed by atoms with van der Waals surface area (Å²) in [5.74, 6) is 0.641. The Morgan fingerprint density at radius 3 is 2.59 bits per heavy atom. The highest BCUT2D eigenvalue weighted by Gasteiger charge is 2.10. The van der Waals surface area contributed by atoms with E-state index in [0.717, 1.165) is 21.8 Å². The number of halogens is 1. The van der Waals surface area contributed by atoms with Crippen molar-refractivity contribution < 1.29 is 4.42 Å². The number of oxazole rings is 1. The Bertz CT molecular complexity index is 740. The predicted octanol–water partition coefficient (Wildman–Crippen LogP) is 4.85. The van der Waals surface area contributed by atoms with Gasteiger partial charge in [0, 0.05) is 23.2 Å². The Morgan fingerprint density at radius 1 is 1.09 bits per heavy atom. The summed E-state index contributed by atoms with van der Waals surface area (Å²) in [6.07, 6.45) is 1.69. The molecular weight excluding hydrogens is 296 g/mol. The molecule has 1 heterocycles. The van der Waals surface area contributed by atoms with Crippen molar-refractivity contribution >= 4 is 11.6 Å². The van der Waals surface area contributed by atoms with Crippen molar-refractivity contribution in [2.24, 2.45) is 0 Å². The highest BCUT2D eigenvalue weighted by Crippen LogP contribution is 2.23. The van der Waals surface area contributed by atoms with E-state index < -0.39 is 0 Å². The molecule has 0 saturated carbocycles. The second-order valence-corrected chi connectivity index (χ2v) is 5.54. The Kier molecular flexibility index (Phi) is 4.56. The number of benzene rings is 2. The van der Waals surface area contributed by atoms with E-state index >= 15 is 0 Å². The molecule has 0 spiro atoms. The van der Waals surface area contributed by atoms with E-state index in [9.17, 15) is 0 Å². The van der Waals surface area contributed by atoms with Gasteiger partial charge >= 0.3 is 0 Å². The highest BCUT2D eigenvalue weighted by atomic mass is 35.5. The van der Waals surface area contributed by atoms with E-state index in [1.54, 1.807) is 6.26 Å². The number of rotatable bonds is 5. The monoisotopic (exact) mass is 312 g/mol. The molecule has 0 amide bonds. The van der Waals surface area contributed by atoms with Crippen molar-refractivity contribution in [2.75, 3.05) is 0 Å². The molecule has 0 fully saturated rings.